The van der Waals surface area contributed by atoms with Crippen molar-refractivity contribution in [3.05, 3.63) is 70.4 Å². The third-order valence-corrected chi connectivity index (χ3v) is 8.81. The van der Waals surface area contributed by atoms with Gasteiger partial charge in [-0.1, -0.05) is 51.1 Å². The number of benzene rings is 2. The molecule has 3 heterocycles. The zero-order chi connectivity index (χ0) is 29.5. The SMILES string of the molecule is COc1cc(-c2scnc2C)ccc1CNC(=O)C1C[C@@H](O)CN1C(=O)[C@@H](N1Cc2ccccc2C1=O)C(C)(C)C. The lowest BCUT2D eigenvalue weighted by atomic mass is 9.84. The number of fused-ring (bicyclic) bond motifs is 1. The van der Waals surface area contributed by atoms with Crippen molar-refractivity contribution in [3.63, 3.8) is 0 Å². The third kappa shape index (κ3) is 5.58. The summed E-state index contributed by atoms with van der Waals surface area (Å²) >= 11 is 1.55. The first-order valence-electron chi connectivity index (χ1n) is 13.7. The number of β-amino-alcohol motifs (C(OH)–C–C–N with tert-alkyl or cyclic N) is 1. The monoisotopic (exact) mass is 576 g/mol. The highest BCUT2D eigenvalue weighted by atomic mass is 32.1. The van der Waals surface area contributed by atoms with Crippen LogP contribution in [0.1, 0.15) is 54.4 Å². The molecule has 10 heteroatoms. The summed E-state index contributed by atoms with van der Waals surface area (Å²) in [5.41, 5.74) is 5.38. The fourth-order valence-corrected chi connectivity index (χ4v) is 6.63. The predicted molar refractivity (Wildman–Crippen MR) is 156 cm³/mol. The predicted octanol–water partition coefficient (Wildman–Crippen LogP) is 3.78. The molecule has 9 nitrogen and oxygen atoms in total. The van der Waals surface area contributed by atoms with Gasteiger partial charge in [0, 0.05) is 37.2 Å². The molecule has 0 radical (unpaired) electrons. The molecule has 1 aromatic heterocycles. The number of nitrogens with zero attached hydrogens (tertiary/aromatic N) is 3. The lowest BCUT2D eigenvalue weighted by Crippen LogP contribution is -2.57. The van der Waals surface area contributed by atoms with E-state index in [9.17, 15) is 19.5 Å². The van der Waals surface area contributed by atoms with Gasteiger partial charge in [0.25, 0.3) is 5.91 Å². The molecule has 41 heavy (non-hydrogen) atoms. The van der Waals surface area contributed by atoms with E-state index in [-0.39, 0.29) is 37.2 Å². The number of nitrogens with one attached hydrogen (secondary N) is 1. The van der Waals surface area contributed by atoms with Gasteiger partial charge in [-0.05, 0) is 35.6 Å². The molecule has 0 saturated carbocycles. The molecule has 1 unspecified atom stereocenters. The minimum absolute atomic E-state index is 0.0324. The molecule has 216 valence electrons. The Labute approximate surface area is 244 Å². The largest absolute Gasteiger partial charge is 0.496 e. The first-order chi connectivity index (χ1) is 19.5. The molecule has 0 aliphatic carbocycles. The van der Waals surface area contributed by atoms with E-state index in [0.29, 0.717) is 17.9 Å². The first kappa shape index (κ1) is 28.8. The maximum absolute atomic E-state index is 14.1. The number of aliphatic hydroxyl groups is 1. The van der Waals surface area contributed by atoms with Gasteiger partial charge in [0.1, 0.15) is 17.8 Å². The molecule has 0 spiro atoms. The second-order valence-electron chi connectivity index (χ2n) is 11.8. The maximum atomic E-state index is 14.1. The summed E-state index contributed by atoms with van der Waals surface area (Å²) in [5, 5.41) is 13.5. The highest BCUT2D eigenvalue weighted by molar-refractivity contribution is 7.13. The van der Waals surface area contributed by atoms with Crippen LogP contribution in [0.15, 0.2) is 48.0 Å². The Bertz CT molecular complexity index is 1480. The van der Waals surface area contributed by atoms with Crippen LogP contribution in [0.5, 0.6) is 5.75 Å². The number of rotatable bonds is 7. The molecular formula is C31H36N4O5S. The number of aromatic nitrogens is 1. The van der Waals surface area contributed by atoms with E-state index in [2.05, 4.69) is 10.3 Å². The van der Waals surface area contributed by atoms with Gasteiger partial charge in [0.05, 0.1) is 29.3 Å². The number of carbonyl (C=O) groups excluding carboxylic acids is 3. The molecule has 2 aromatic carbocycles. The van der Waals surface area contributed by atoms with E-state index >= 15 is 0 Å². The van der Waals surface area contributed by atoms with Crippen LogP contribution >= 0.6 is 11.3 Å². The highest BCUT2D eigenvalue weighted by Gasteiger charge is 2.48. The average Bonchev–Trinajstić information content (AvgIpc) is 3.63. The molecule has 1 fully saturated rings. The van der Waals surface area contributed by atoms with E-state index in [1.54, 1.807) is 34.9 Å². The van der Waals surface area contributed by atoms with Crippen LogP contribution in [-0.2, 0) is 22.7 Å². The zero-order valence-electron chi connectivity index (χ0n) is 24.0. The van der Waals surface area contributed by atoms with Crippen LogP contribution < -0.4 is 10.1 Å². The van der Waals surface area contributed by atoms with Gasteiger partial charge in [-0.15, -0.1) is 11.3 Å². The van der Waals surface area contributed by atoms with Crippen LogP contribution in [0.3, 0.4) is 0 Å². The quantitative estimate of drug-likeness (QED) is 0.443. The van der Waals surface area contributed by atoms with Crippen molar-refractivity contribution >= 4 is 29.1 Å². The smallest absolute Gasteiger partial charge is 0.255 e. The second-order valence-corrected chi connectivity index (χ2v) is 12.6. The molecule has 3 aromatic rings. The summed E-state index contributed by atoms with van der Waals surface area (Å²) in [7, 11) is 1.59. The fraction of sp³-hybridized carbons (Fsp3) is 0.419. The number of carbonyl (C=O) groups is 3. The number of thiazole rings is 1. The van der Waals surface area contributed by atoms with Gasteiger partial charge in [0.2, 0.25) is 11.8 Å². The van der Waals surface area contributed by atoms with E-state index < -0.39 is 23.6 Å². The number of aliphatic hydroxyl groups excluding tert-OH is 1. The summed E-state index contributed by atoms with van der Waals surface area (Å²) in [6.07, 6.45) is -0.707. The molecule has 5 rings (SSSR count). The number of hydrogen-bond donors (Lipinski definition) is 2. The Balaban J connectivity index is 1.33. The third-order valence-electron chi connectivity index (χ3n) is 7.83. The fourth-order valence-electron chi connectivity index (χ4n) is 5.83. The Morgan fingerprint density at radius 3 is 2.63 bits per heavy atom. The molecule has 1 saturated heterocycles. The maximum Gasteiger partial charge on any atom is 0.255 e. The van der Waals surface area contributed by atoms with Crippen molar-refractivity contribution in [3.8, 4) is 16.2 Å². The van der Waals surface area contributed by atoms with E-state index in [1.807, 2.05) is 64.1 Å². The van der Waals surface area contributed by atoms with Crippen molar-refractivity contribution in [1.29, 1.82) is 0 Å². The van der Waals surface area contributed by atoms with E-state index in [1.165, 1.54) is 4.90 Å². The molecule has 2 N–H and O–H groups in total. The topological polar surface area (TPSA) is 112 Å². The van der Waals surface area contributed by atoms with Crippen molar-refractivity contribution in [2.45, 2.75) is 65.4 Å². The van der Waals surface area contributed by atoms with Crippen molar-refractivity contribution < 1.29 is 24.2 Å². The first-order valence-corrected chi connectivity index (χ1v) is 14.6. The molecule has 0 bridgehead atoms. The number of likely N-dealkylation sites (tertiary alicyclic amines) is 1. The van der Waals surface area contributed by atoms with Gasteiger partial charge < -0.3 is 25.0 Å². The van der Waals surface area contributed by atoms with Crippen molar-refractivity contribution in [2.24, 2.45) is 5.41 Å². The molecular weight excluding hydrogens is 540 g/mol. The summed E-state index contributed by atoms with van der Waals surface area (Å²) in [5.74, 6) is -0.256. The Morgan fingerprint density at radius 1 is 1.22 bits per heavy atom. The normalized spacial score (nSPS) is 19.3. The van der Waals surface area contributed by atoms with E-state index in [4.69, 9.17) is 4.74 Å². The minimum atomic E-state index is -0.854. The number of amides is 3. The lowest BCUT2D eigenvalue weighted by molar-refractivity contribution is -0.145. The van der Waals surface area contributed by atoms with Crippen LogP contribution in [0.25, 0.3) is 10.4 Å². The van der Waals surface area contributed by atoms with Crippen molar-refractivity contribution in [1.82, 2.24) is 20.1 Å². The van der Waals surface area contributed by atoms with Gasteiger partial charge >= 0.3 is 0 Å². The van der Waals surface area contributed by atoms with Gasteiger partial charge in [-0.2, -0.15) is 0 Å². The molecule has 3 atom stereocenters. The molecule has 2 aliphatic heterocycles. The Morgan fingerprint density at radius 2 is 1.98 bits per heavy atom. The summed E-state index contributed by atoms with van der Waals surface area (Å²) in [6.45, 7) is 8.25. The Kier molecular flexibility index (Phi) is 7.89. The average molecular weight is 577 g/mol. The number of ether oxygens (including phenoxy) is 1. The summed E-state index contributed by atoms with van der Waals surface area (Å²) < 4.78 is 5.61. The highest BCUT2D eigenvalue weighted by Crippen LogP contribution is 2.35. The Hall–Kier alpha value is -3.76. The summed E-state index contributed by atoms with van der Waals surface area (Å²) in [6, 6.07) is 11.5. The number of methoxy groups -OCH3 is 1. The number of hydrogen-bond acceptors (Lipinski definition) is 7. The lowest BCUT2D eigenvalue weighted by Gasteiger charge is -2.40. The second kappa shape index (κ2) is 11.3. The van der Waals surface area contributed by atoms with Crippen molar-refractivity contribution in [2.75, 3.05) is 13.7 Å². The van der Waals surface area contributed by atoms with Crippen LogP contribution in [0.4, 0.5) is 0 Å². The zero-order valence-corrected chi connectivity index (χ0v) is 24.8. The van der Waals surface area contributed by atoms with Gasteiger partial charge in [-0.3, -0.25) is 14.4 Å². The standard InChI is InChI=1S/C31H36N4O5S/c1-18-26(41-17-33-18)19-10-11-20(25(12-19)40-5)14-32-28(37)24-13-22(36)16-34(24)30(39)27(31(2,3)4)35-15-21-8-6-7-9-23(21)29(35)38/h6-12,17,22,24,27,36H,13-16H2,1-5H3,(H,32,37)/t22-,24?,27-/m1/s1. The van der Waals surface area contributed by atoms with Crippen LogP contribution in [0, 0.1) is 12.3 Å². The van der Waals surface area contributed by atoms with Gasteiger partial charge in [0.15, 0.2) is 0 Å². The number of aryl methyl sites for hydroxylation is 1. The van der Waals surface area contributed by atoms with E-state index in [0.717, 1.165) is 27.3 Å². The summed E-state index contributed by atoms with van der Waals surface area (Å²) in [4.78, 5) is 49.3. The van der Waals surface area contributed by atoms with Gasteiger partial charge in [-0.25, -0.2) is 4.98 Å². The van der Waals surface area contributed by atoms with Crippen LogP contribution in [-0.4, -0.2) is 69.5 Å². The minimum Gasteiger partial charge on any atom is -0.496 e. The molecule has 3 amide bonds. The molecule has 2 aliphatic rings. The van der Waals surface area contributed by atoms with Crippen LogP contribution in [0.2, 0.25) is 0 Å².